The van der Waals surface area contributed by atoms with Crippen molar-refractivity contribution in [1.29, 1.82) is 0 Å². The number of ether oxygens (including phenoxy) is 3. The van der Waals surface area contributed by atoms with Gasteiger partial charge in [-0.2, -0.15) is 13.2 Å². The Bertz CT molecular complexity index is 782. The van der Waals surface area contributed by atoms with Gasteiger partial charge in [0, 0.05) is 12.1 Å². The van der Waals surface area contributed by atoms with Gasteiger partial charge >= 0.3 is 6.18 Å². The average molecular weight is 418 g/mol. The summed E-state index contributed by atoms with van der Waals surface area (Å²) in [7, 11) is 1.47. The molecule has 0 heterocycles. The first-order valence-corrected chi connectivity index (χ1v) is 8.68. The first kappa shape index (κ1) is 21.8. The number of nitrogens with one attached hydrogen (secondary N) is 1. The summed E-state index contributed by atoms with van der Waals surface area (Å²) in [6.07, 6.45) is -4.60. The molecule has 152 valence electrons. The van der Waals surface area contributed by atoms with Crippen LogP contribution in [0.25, 0.3) is 0 Å². The van der Waals surface area contributed by atoms with Gasteiger partial charge in [-0.05, 0) is 42.5 Å². The normalized spacial score (nSPS) is 11.2. The van der Waals surface area contributed by atoms with Crippen molar-refractivity contribution in [3.63, 3.8) is 0 Å². The molecule has 0 radical (unpaired) electrons. The second-order valence-electron chi connectivity index (χ2n) is 5.65. The van der Waals surface area contributed by atoms with Gasteiger partial charge in [-0.25, -0.2) is 0 Å². The van der Waals surface area contributed by atoms with E-state index < -0.39 is 17.6 Å². The Kier molecular flexibility index (Phi) is 7.95. The second-order valence-corrected chi connectivity index (χ2v) is 6.09. The van der Waals surface area contributed by atoms with Gasteiger partial charge in [0.05, 0.1) is 30.9 Å². The van der Waals surface area contributed by atoms with E-state index in [2.05, 4.69) is 5.32 Å². The van der Waals surface area contributed by atoms with Crippen molar-refractivity contribution in [2.24, 2.45) is 0 Å². The summed E-state index contributed by atoms with van der Waals surface area (Å²) >= 11 is 5.77. The lowest BCUT2D eigenvalue weighted by atomic mass is 10.1. The summed E-state index contributed by atoms with van der Waals surface area (Å²) in [5.74, 6) is 0.141. The first-order chi connectivity index (χ1) is 13.3. The summed E-state index contributed by atoms with van der Waals surface area (Å²) in [5, 5.41) is 2.99. The van der Waals surface area contributed by atoms with E-state index >= 15 is 0 Å². The SMILES string of the molecule is COCCOc1ccc(C(F)(F)F)cc1NC(=O)CCOc1ccc(Cl)cc1. The van der Waals surface area contributed by atoms with E-state index in [4.69, 9.17) is 25.8 Å². The lowest BCUT2D eigenvalue weighted by Crippen LogP contribution is -2.17. The molecule has 1 amide bonds. The largest absolute Gasteiger partial charge is 0.493 e. The minimum Gasteiger partial charge on any atom is -0.493 e. The molecule has 0 atom stereocenters. The van der Waals surface area contributed by atoms with Crippen molar-refractivity contribution in [1.82, 2.24) is 0 Å². The molecule has 0 saturated carbocycles. The molecule has 9 heteroatoms. The van der Waals surface area contributed by atoms with Crippen LogP contribution in [0.3, 0.4) is 0 Å². The maximum absolute atomic E-state index is 13.0. The van der Waals surface area contributed by atoms with Crippen LogP contribution in [-0.2, 0) is 15.7 Å². The molecule has 0 aliphatic rings. The summed E-state index contributed by atoms with van der Waals surface area (Å²) < 4.78 is 54.5. The fraction of sp³-hybridized carbons (Fsp3) is 0.316. The highest BCUT2D eigenvalue weighted by atomic mass is 35.5. The number of methoxy groups -OCH3 is 1. The van der Waals surface area contributed by atoms with Crippen LogP contribution in [0.1, 0.15) is 12.0 Å². The third-order valence-corrected chi connectivity index (χ3v) is 3.79. The lowest BCUT2D eigenvalue weighted by molar-refractivity contribution is -0.137. The molecule has 5 nitrogen and oxygen atoms in total. The highest BCUT2D eigenvalue weighted by Gasteiger charge is 2.31. The van der Waals surface area contributed by atoms with Crippen LogP contribution < -0.4 is 14.8 Å². The summed E-state index contributed by atoms with van der Waals surface area (Å²) in [6, 6.07) is 9.47. The molecule has 0 fully saturated rings. The Hall–Kier alpha value is -2.45. The zero-order valence-electron chi connectivity index (χ0n) is 15.0. The quantitative estimate of drug-likeness (QED) is 0.596. The third kappa shape index (κ3) is 6.94. The minimum absolute atomic E-state index is 0.0479. The summed E-state index contributed by atoms with van der Waals surface area (Å²) in [6.45, 7) is 0.431. The first-order valence-electron chi connectivity index (χ1n) is 8.31. The van der Waals surface area contributed by atoms with Crippen molar-refractivity contribution in [3.05, 3.63) is 53.1 Å². The lowest BCUT2D eigenvalue weighted by Gasteiger charge is -2.15. The molecule has 0 aliphatic carbocycles. The van der Waals surface area contributed by atoms with Crippen molar-refractivity contribution < 1.29 is 32.2 Å². The predicted octanol–water partition coefficient (Wildman–Crippen LogP) is 4.79. The van der Waals surface area contributed by atoms with Crippen LogP contribution >= 0.6 is 11.6 Å². The molecule has 0 saturated heterocycles. The molecule has 1 N–H and O–H groups in total. The molecule has 0 aliphatic heterocycles. The van der Waals surface area contributed by atoms with Gasteiger partial charge in [-0.3, -0.25) is 4.79 Å². The number of rotatable bonds is 9. The van der Waals surface area contributed by atoms with Gasteiger partial charge in [0.15, 0.2) is 0 Å². The minimum atomic E-state index is -4.54. The Morgan fingerprint density at radius 2 is 1.75 bits per heavy atom. The van der Waals surface area contributed by atoms with Crippen molar-refractivity contribution >= 4 is 23.2 Å². The van der Waals surface area contributed by atoms with Gasteiger partial charge in [-0.15, -0.1) is 0 Å². The number of carbonyl (C=O) groups excluding carboxylic acids is 1. The van der Waals surface area contributed by atoms with E-state index in [0.29, 0.717) is 10.8 Å². The number of amides is 1. The van der Waals surface area contributed by atoms with Crippen LogP contribution in [0, 0.1) is 0 Å². The number of hydrogen-bond acceptors (Lipinski definition) is 4. The average Bonchev–Trinajstić information content (AvgIpc) is 2.64. The van der Waals surface area contributed by atoms with Gasteiger partial charge < -0.3 is 19.5 Å². The van der Waals surface area contributed by atoms with E-state index in [1.54, 1.807) is 24.3 Å². The Morgan fingerprint density at radius 1 is 1.04 bits per heavy atom. The van der Waals surface area contributed by atoms with Gasteiger partial charge in [0.25, 0.3) is 0 Å². The number of hydrogen-bond donors (Lipinski definition) is 1. The Balaban J connectivity index is 2.00. The molecular weight excluding hydrogens is 399 g/mol. The van der Waals surface area contributed by atoms with E-state index in [1.807, 2.05) is 0 Å². The highest BCUT2D eigenvalue weighted by Crippen LogP contribution is 2.35. The van der Waals surface area contributed by atoms with E-state index in [0.717, 1.165) is 18.2 Å². The fourth-order valence-electron chi connectivity index (χ4n) is 2.17. The molecule has 2 rings (SSSR count). The summed E-state index contributed by atoms with van der Waals surface area (Å²) in [4.78, 5) is 12.1. The predicted molar refractivity (Wildman–Crippen MR) is 99.0 cm³/mol. The second kappa shape index (κ2) is 10.2. The molecule has 2 aromatic rings. The number of benzene rings is 2. The highest BCUT2D eigenvalue weighted by molar-refractivity contribution is 6.30. The standard InChI is InChI=1S/C19H19ClF3NO4/c1-26-10-11-28-17-7-2-13(19(21,22)23)12-16(17)24-18(25)8-9-27-15-5-3-14(20)4-6-15/h2-7,12H,8-11H2,1H3,(H,24,25). The van der Waals surface area contributed by atoms with Gasteiger partial charge in [0.1, 0.15) is 18.1 Å². The summed E-state index contributed by atoms with van der Waals surface area (Å²) in [5.41, 5.74) is -0.957. The number of carbonyl (C=O) groups is 1. The van der Waals surface area contributed by atoms with E-state index in [-0.39, 0.29) is 37.7 Å². The molecule has 0 spiro atoms. The van der Waals surface area contributed by atoms with Crippen molar-refractivity contribution in [2.75, 3.05) is 32.2 Å². The van der Waals surface area contributed by atoms with Gasteiger partial charge in [-0.1, -0.05) is 11.6 Å². The van der Waals surface area contributed by atoms with Crippen LogP contribution in [-0.4, -0.2) is 32.8 Å². The zero-order chi connectivity index (χ0) is 20.6. The monoisotopic (exact) mass is 417 g/mol. The van der Waals surface area contributed by atoms with E-state index in [9.17, 15) is 18.0 Å². The topological polar surface area (TPSA) is 56.8 Å². The van der Waals surface area contributed by atoms with E-state index in [1.165, 1.54) is 7.11 Å². The maximum Gasteiger partial charge on any atom is 0.416 e. The molecular formula is C19H19ClF3NO4. The van der Waals surface area contributed by atoms with Crippen LogP contribution in [0.5, 0.6) is 11.5 Å². The Labute approximate surface area is 165 Å². The molecule has 2 aromatic carbocycles. The van der Waals surface area contributed by atoms with Crippen molar-refractivity contribution in [2.45, 2.75) is 12.6 Å². The number of alkyl halides is 3. The zero-order valence-corrected chi connectivity index (χ0v) is 15.8. The maximum atomic E-state index is 13.0. The smallest absolute Gasteiger partial charge is 0.416 e. The van der Waals surface area contributed by atoms with Crippen LogP contribution in [0.4, 0.5) is 18.9 Å². The third-order valence-electron chi connectivity index (χ3n) is 3.54. The molecule has 0 aromatic heterocycles. The van der Waals surface area contributed by atoms with Crippen molar-refractivity contribution in [3.8, 4) is 11.5 Å². The molecule has 0 bridgehead atoms. The van der Waals surface area contributed by atoms with Gasteiger partial charge in [0.2, 0.25) is 5.91 Å². The van der Waals surface area contributed by atoms with Crippen LogP contribution in [0.2, 0.25) is 5.02 Å². The van der Waals surface area contributed by atoms with Crippen LogP contribution in [0.15, 0.2) is 42.5 Å². The molecule has 28 heavy (non-hydrogen) atoms. The molecule has 0 unspecified atom stereocenters. The Morgan fingerprint density at radius 3 is 2.39 bits per heavy atom. The fourth-order valence-corrected chi connectivity index (χ4v) is 2.30. The number of halogens is 4. The number of anilines is 1.